The molecule has 0 N–H and O–H groups in total. The van der Waals surface area contributed by atoms with Crippen LogP contribution in [0.1, 0.15) is 162 Å². The highest BCUT2D eigenvalue weighted by Crippen LogP contribution is 2.50. The van der Waals surface area contributed by atoms with E-state index in [0.29, 0.717) is 82.8 Å². The van der Waals surface area contributed by atoms with E-state index in [9.17, 15) is 9.59 Å². The highest BCUT2D eigenvalue weighted by molar-refractivity contribution is 6.19. The largest absolute Gasteiger partial charge is 0.490 e. The van der Waals surface area contributed by atoms with Crippen molar-refractivity contribution in [1.29, 1.82) is 0 Å². The molecule has 4 rings (SSSR count). The summed E-state index contributed by atoms with van der Waals surface area (Å²) in [5, 5.41) is 0. The number of ketones is 2. The number of unbranched alkanes of at least 4 members (excludes halogenated alkanes) is 12. The van der Waals surface area contributed by atoms with Crippen molar-refractivity contribution in [3.8, 4) is 34.1 Å². The lowest BCUT2D eigenvalue weighted by atomic mass is 9.87. The molecule has 4 aromatic rings. The second-order valence-corrected chi connectivity index (χ2v) is 14.7. The first-order chi connectivity index (χ1) is 27.5. The number of hydrogen-bond acceptors (Lipinski definition) is 6. The smallest absolute Gasteiger partial charge is 0.193 e. The van der Waals surface area contributed by atoms with E-state index in [1.807, 2.05) is 84.9 Å². The van der Waals surface area contributed by atoms with Crippen molar-refractivity contribution in [3.63, 3.8) is 0 Å². The first-order valence-corrected chi connectivity index (χ1v) is 21.6. The Balaban J connectivity index is 2.04. The fraction of sp³-hybridized carbons (Fsp3) is 0.480. The summed E-state index contributed by atoms with van der Waals surface area (Å²) in [6.07, 6.45) is 16.6. The quantitative estimate of drug-likeness (QED) is 0.0405. The summed E-state index contributed by atoms with van der Waals surface area (Å²) >= 11 is 0. The van der Waals surface area contributed by atoms with Crippen molar-refractivity contribution in [2.45, 2.75) is 130 Å². The summed E-state index contributed by atoms with van der Waals surface area (Å²) in [6.45, 7) is 10.7. The zero-order valence-corrected chi connectivity index (χ0v) is 34.7. The summed E-state index contributed by atoms with van der Waals surface area (Å²) in [4.78, 5) is 29.5. The number of ether oxygens (including phenoxy) is 4. The van der Waals surface area contributed by atoms with Gasteiger partial charge in [0.2, 0.25) is 0 Å². The molecule has 0 atom stereocenters. The van der Waals surface area contributed by atoms with E-state index < -0.39 is 0 Å². The van der Waals surface area contributed by atoms with Crippen LogP contribution in [-0.2, 0) is 0 Å². The van der Waals surface area contributed by atoms with Gasteiger partial charge in [0.25, 0.3) is 0 Å². The molecular weight excluding hydrogens is 697 g/mol. The van der Waals surface area contributed by atoms with E-state index >= 15 is 0 Å². The second kappa shape index (κ2) is 25.6. The van der Waals surface area contributed by atoms with Crippen LogP contribution in [0.3, 0.4) is 0 Å². The molecule has 0 heterocycles. The molecule has 0 saturated carbocycles. The van der Waals surface area contributed by atoms with E-state index in [4.69, 9.17) is 18.9 Å². The van der Waals surface area contributed by atoms with Gasteiger partial charge in [-0.25, -0.2) is 0 Å². The van der Waals surface area contributed by atoms with Crippen molar-refractivity contribution in [2.24, 2.45) is 0 Å². The van der Waals surface area contributed by atoms with E-state index in [1.54, 1.807) is 0 Å². The van der Waals surface area contributed by atoms with Gasteiger partial charge in [-0.05, 0) is 49.9 Å². The van der Waals surface area contributed by atoms with E-state index in [2.05, 4.69) is 27.7 Å². The van der Waals surface area contributed by atoms with Gasteiger partial charge < -0.3 is 18.9 Å². The average molecular weight is 763 g/mol. The number of hydrogen-bond donors (Lipinski definition) is 0. The first-order valence-electron chi connectivity index (χ1n) is 21.6. The minimum absolute atomic E-state index is 0.177. The molecular formula is C50H66O6. The van der Waals surface area contributed by atoms with Crippen LogP contribution in [0, 0.1) is 0 Å². The fourth-order valence-corrected chi connectivity index (χ4v) is 6.83. The summed E-state index contributed by atoms with van der Waals surface area (Å²) < 4.78 is 26.7. The zero-order chi connectivity index (χ0) is 39.8. The Hall–Kier alpha value is -4.58. The number of carbonyl (C=O) groups excluding carboxylic acids is 2. The van der Waals surface area contributed by atoms with Gasteiger partial charge in [0.15, 0.2) is 34.6 Å². The molecule has 0 aliphatic heterocycles. The molecule has 0 fully saturated rings. The maximum absolute atomic E-state index is 14.8. The van der Waals surface area contributed by atoms with Crippen LogP contribution in [0.5, 0.6) is 23.0 Å². The lowest BCUT2D eigenvalue weighted by Gasteiger charge is -2.24. The molecule has 4 aromatic carbocycles. The molecule has 6 nitrogen and oxygen atoms in total. The van der Waals surface area contributed by atoms with Gasteiger partial charge in [-0.1, -0.05) is 165 Å². The Labute approximate surface area is 337 Å². The van der Waals surface area contributed by atoms with Gasteiger partial charge in [0.05, 0.1) is 26.4 Å². The van der Waals surface area contributed by atoms with Crippen LogP contribution in [-0.4, -0.2) is 38.0 Å². The second-order valence-electron chi connectivity index (χ2n) is 14.7. The van der Waals surface area contributed by atoms with Crippen molar-refractivity contribution >= 4 is 11.6 Å². The third-order valence-corrected chi connectivity index (χ3v) is 10.1. The minimum atomic E-state index is -0.177. The van der Waals surface area contributed by atoms with Crippen LogP contribution < -0.4 is 18.9 Å². The molecule has 6 heteroatoms. The lowest BCUT2D eigenvalue weighted by Crippen LogP contribution is -2.13. The van der Waals surface area contributed by atoms with Crippen LogP contribution in [0.25, 0.3) is 11.1 Å². The topological polar surface area (TPSA) is 71.1 Å². The third kappa shape index (κ3) is 13.3. The third-order valence-electron chi connectivity index (χ3n) is 10.1. The van der Waals surface area contributed by atoms with Gasteiger partial charge in [0, 0.05) is 33.4 Å². The standard InChI is InChI=1S/C50H66O6/c1-5-9-13-23-35-53-43-33-31-41(47(51)39-27-19-17-20-28-39)45(49(43)55-37-25-15-11-7-3)46-42(48(52)40-29-21-18-22-30-40)32-34-44(54-36-24-14-10-6-2)50(46)56-38-26-16-12-8-4/h17-22,27-34H,5-16,23-26,35-38H2,1-4H3. The first kappa shape index (κ1) is 44.1. The lowest BCUT2D eigenvalue weighted by molar-refractivity contribution is 0.102. The summed E-state index contributed by atoms with van der Waals surface area (Å²) in [5.74, 6) is 1.66. The minimum Gasteiger partial charge on any atom is -0.490 e. The van der Waals surface area contributed by atoms with Crippen LogP contribution in [0.2, 0.25) is 0 Å². The number of rotatable bonds is 29. The molecule has 0 aliphatic carbocycles. The molecule has 0 aromatic heterocycles. The average Bonchev–Trinajstić information content (AvgIpc) is 3.23. The van der Waals surface area contributed by atoms with Crippen LogP contribution >= 0.6 is 0 Å². The normalized spacial score (nSPS) is 11.0. The molecule has 0 aliphatic rings. The SMILES string of the molecule is CCCCCCOc1ccc(C(=O)c2ccccc2)c(-c2c(C(=O)c3ccccc3)ccc(OCCCCCC)c2OCCCCCC)c1OCCCCCC. The highest BCUT2D eigenvalue weighted by atomic mass is 16.5. The molecule has 302 valence electrons. The predicted octanol–water partition coefficient (Wildman–Crippen LogP) is 13.7. The van der Waals surface area contributed by atoms with Crippen LogP contribution in [0.15, 0.2) is 84.9 Å². The van der Waals surface area contributed by atoms with Crippen molar-refractivity contribution in [3.05, 3.63) is 107 Å². The predicted molar refractivity (Wildman–Crippen MR) is 230 cm³/mol. The molecule has 0 saturated heterocycles. The van der Waals surface area contributed by atoms with Gasteiger partial charge >= 0.3 is 0 Å². The van der Waals surface area contributed by atoms with Gasteiger partial charge in [-0.2, -0.15) is 0 Å². The monoisotopic (exact) mass is 762 g/mol. The molecule has 0 bridgehead atoms. The number of carbonyl (C=O) groups is 2. The molecule has 0 spiro atoms. The molecule has 56 heavy (non-hydrogen) atoms. The summed E-state index contributed by atoms with van der Waals surface area (Å²) in [5.41, 5.74) is 2.90. The van der Waals surface area contributed by atoms with Gasteiger partial charge in [-0.3, -0.25) is 9.59 Å². The van der Waals surface area contributed by atoms with Gasteiger partial charge in [0.1, 0.15) is 0 Å². The number of benzene rings is 4. The van der Waals surface area contributed by atoms with Crippen molar-refractivity contribution in [1.82, 2.24) is 0 Å². The molecule has 0 radical (unpaired) electrons. The van der Waals surface area contributed by atoms with Crippen LogP contribution in [0.4, 0.5) is 0 Å². The van der Waals surface area contributed by atoms with Crippen molar-refractivity contribution < 1.29 is 28.5 Å². The van der Waals surface area contributed by atoms with E-state index in [1.165, 1.54) is 0 Å². The molecule has 0 unspecified atom stereocenters. The fourth-order valence-electron chi connectivity index (χ4n) is 6.83. The Morgan fingerprint density at radius 2 is 0.696 bits per heavy atom. The highest BCUT2D eigenvalue weighted by Gasteiger charge is 2.31. The Kier molecular flexibility index (Phi) is 20.1. The Morgan fingerprint density at radius 3 is 1.02 bits per heavy atom. The molecule has 0 amide bonds. The van der Waals surface area contributed by atoms with Gasteiger partial charge in [-0.15, -0.1) is 0 Å². The Morgan fingerprint density at radius 1 is 0.375 bits per heavy atom. The maximum Gasteiger partial charge on any atom is 0.193 e. The summed E-state index contributed by atoms with van der Waals surface area (Å²) in [6, 6.07) is 26.0. The van der Waals surface area contributed by atoms with E-state index in [-0.39, 0.29) is 11.6 Å². The maximum atomic E-state index is 14.8. The van der Waals surface area contributed by atoms with E-state index in [0.717, 1.165) is 103 Å². The van der Waals surface area contributed by atoms with Crippen molar-refractivity contribution in [2.75, 3.05) is 26.4 Å². The zero-order valence-electron chi connectivity index (χ0n) is 34.7. The Bertz CT molecular complexity index is 1600. The summed E-state index contributed by atoms with van der Waals surface area (Å²) in [7, 11) is 0.